The fraction of sp³-hybridized carbons (Fsp3) is 0.500. The molecule has 0 bridgehead atoms. The van der Waals surface area contributed by atoms with Crippen LogP contribution in [0, 0.1) is 0 Å². The topological polar surface area (TPSA) is 62.6 Å². The second kappa shape index (κ2) is 5.03. The third-order valence-electron chi connectivity index (χ3n) is 2.98. The van der Waals surface area contributed by atoms with Crippen LogP contribution in [0.3, 0.4) is 0 Å². The second-order valence-electron chi connectivity index (χ2n) is 4.13. The van der Waals surface area contributed by atoms with Gasteiger partial charge in [-0.25, -0.2) is 0 Å². The highest BCUT2D eigenvalue weighted by Gasteiger charge is 2.28. The Morgan fingerprint density at radius 3 is 3.18 bits per heavy atom. The molecule has 1 aromatic rings. The molecule has 1 atom stereocenters. The van der Waals surface area contributed by atoms with Crippen molar-refractivity contribution < 1.29 is 14.0 Å². The highest BCUT2D eigenvalue weighted by molar-refractivity contribution is 5.88. The molecule has 1 aromatic heterocycles. The van der Waals surface area contributed by atoms with Gasteiger partial charge >= 0.3 is 0 Å². The second-order valence-corrected chi connectivity index (χ2v) is 4.13. The van der Waals surface area contributed by atoms with Crippen LogP contribution in [-0.2, 0) is 16.0 Å². The maximum absolute atomic E-state index is 12.0. The molecule has 1 N–H and O–H groups in total. The standard InChI is InChI=1S/C12H16N2O3/c1-9-12(16)13-6-7-14(9)11(15)5-4-10-3-2-8-17-10/h2-3,8-9H,4-7H2,1H3,(H,13,16). The lowest BCUT2D eigenvalue weighted by atomic mass is 10.1. The maximum Gasteiger partial charge on any atom is 0.242 e. The number of rotatable bonds is 3. The number of aryl methyl sites for hydroxylation is 1. The minimum Gasteiger partial charge on any atom is -0.469 e. The largest absolute Gasteiger partial charge is 0.469 e. The summed E-state index contributed by atoms with van der Waals surface area (Å²) in [5, 5.41) is 2.73. The smallest absolute Gasteiger partial charge is 0.242 e. The number of piperazine rings is 1. The molecule has 0 radical (unpaired) electrons. The summed E-state index contributed by atoms with van der Waals surface area (Å²) < 4.78 is 5.17. The van der Waals surface area contributed by atoms with E-state index in [0.29, 0.717) is 25.9 Å². The summed E-state index contributed by atoms with van der Waals surface area (Å²) in [5.41, 5.74) is 0. The van der Waals surface area contributed by atoms with E-state index < -0.39 is 0 Å². The van der Waals surface area contributed by atoms with Gasteiger partial charge in [-0.3, -0.25) is 9.59 Å². The number of hydrogen-bond acceptors (Lipinski definition) is 3. The van der Waals surface area contributed by atoms with Gasteiger partial charge in [0.15, 0.2) is 0 Å². The van der Waals surface area contributed by atoms with Gasteiger partial charge in [-0.2, -0.15) is 0 Å². The molecule has 0 spiro atoms. The minimum absolute atomic E-state index is 0.00347. The first-order valence-corrected chi connectivity index (χ1v) is 5.78. The Morgan fingerprint density at radius 2 is 2.47 bits per heavy atom. The molecule has 0 saturated carbocycles. The Bertz CT molecular complexity index is 400. The average Bonchev–Trinajstić information content (AvgIpc) is 2.82. The van der Waals surface area contributed by atoms with Crippen LogP contribution in [0.15, 0.2) is 22.8 Å². The molecule has 1 aliphatic heterocycles. The average molecular weight is 236 g/mol. The predicted molar refractivity (Wildman–Crippen MR) is 61.2 cm³/mol. The van der Waals surface area contributed by atoms with Gasteiger partial charge in [-0.05, 0) is 19.1 Å². The molecule has 17 heavy (non-hydrogen) atoms. The molecule has 1 unspecified atom stereocenters. The third kappa shape index (κ3) is 2.67. The Kier molecular flexibility index (Phi) is 3.46. The first kappa shape index (κ1) is 11.7. The molecule has 1 saturated heterocycles. The van der Waals surface area contributed by atoms with E-state index in [-0.39, 0.29) is 17.9 Å². The van der Waals surface area contributed by atoms with Crippen LogP contribution < -0.4 is 5.32 Å². The predicted octanol–water partition coefficient (Wildman–Crippen LogP) is 0.559. The van der Waals surface area contributed by atoms with Gasteiger partial charge in [0.2, 0.25) is 11.8 Å². The van der Waals surface area contributed by atoms with Crippen molar-refractivity contribution in [3.05, 3.63) is 24.2 Å². The van der Waals surface area contributed by atoms with Crippen LogP contribution >= 0.6 is 0 Å². The Balaban J connectivity index is 1.88. The maximum atomic E-state index is 12.0. The monoisotopic (exact) mass is 236 g/mol. The molecule has 0 aromatic carbocycles. The lowest BCUT2D eigenvalue weighted by Gasteiger charge is -2.32. The van der Waals surface area contributed by atoms with Crippen LogP contribution in [-0.4, -0.2) is 35.8 Å². The summed E-state index contributed by atoms with van der Waals surface area (Å²) in [5.74, 6) is 0.721. The zero-order chi connectivity index (χ0) is 12.3. The fourth-order valence-electron chi connectivity index (χ4n) is 1.95. The summed E-state index contributed by atoms with van der Waals surface area (Å²) in [6, 6.07) is 3.28. The van der Waals surface area contributed by atoms with Crippen molar-refractivity contribution in [2.45, 2.75) is 25.8 Å². The van der Waals surface area contributed by atoms with Crippen LogP contribution in [0.4, 0.5) is 0 Å². The number of amides is 2. The fourth-order valence-corrected chi connectivity index (χ4v) is 1.95. The van der Waals surface area contributed by atoms with Crippen molar-refractivity contribution in [2.24, 2.45) is 0 Å². The van der Waals surface area contributed by atoms with Gasteiger partial charge in [-0.15, -0.1) is 0 Å². The van der Waals surface area contributed by atoms with E-state index >= 15 is 0 Å². The third-order valence-corrected chi connectivity index (χ3v) is 2.98. The summed E-state index contributed by atoms with van der Waals surface area (Å²) >= 11 is 0. The van der Waals surface area contributed by atoms with Gasteiger partial charge in [0.1, 0.15) is 11.8 Å². The normalized spacial score (nSPS) is 20.2. The highest BCUT2D eigenvalue weighted by atomic mass is 16.3. The summed E-state index contributed by atoms with van der Waals surface area (Å²) in [4.78, 5) is 25.0. The summed E-state index contributed by atoms with van der Waals surface area (Å²) in [6.07, 6.45) is 2.55. The lowest BCUT2D eigenvalue weighted by molar-refractivity contribution is -0.142. The van der Waals surface area contributed by atoms with E-state index in [9.17, 15) is 9.59 Å². The van der Waals surface area contributed by atoms with Crippen molar-refractivity contribution in [3.8, 4) is 0 Å². The zero-order valence-corrected chi connectivity index (χ0v) is 9.81. The van der Waals surface area contributed by atoms with Crippen LogP contribution in [0.25, 0.3) is 0 Å². The molecule has 0 aliphatic carbocycles. The molecular weight excluding hydrogens is 220 g/mol. The van der Waals surface area contributed by atoms with Crippen LogP contribution in [0.1, 0.15) is 19.1 Å². The van der Waals surface area contributed by atoms with E-state index in [0.717, 1.165) is 5.76 Å². The van der Waals surface area contributed by atoms with Crippen molar-refractivity contribution in [3.63, 3.8) is 0 Å². The van der Waals surface area contributed by atoms with Gasteiger partial charge in [0.25, 0.3) is 0 Å². The van der Waals surface area contributed by atoms with Crippen LogP contribution in [0.5, 0.6) is 0 Å². The first-order valence-electron chi connectivity index (χ1n) is 5.78. The van der Waals surface area contributed by atoms with Gasteiger partial charge in [-0.1, -0.05) is 0 Å². The van der Waals surface area contributed by atoms with Gasteiger partial charge < -0.3 is 14.6 Å². The molecule has 5 nitrogen and oxygen atoms in total. The molecule has 2 amide bonds. The zero-order valence-electron chi connectivity index (χ0n) is 9.81. The number of nitrogens with zero attached hydrogens (tertiary/aromatic N) is 1. The molecule has 5 heteroatoms. The summed E-state index contributed by atoms with van der Waals surface area (Å²) in [7, 11) is 0. The molecule has 2 rings (SSSR count). The van der Waals surface area contributed by atoms with E-state index in [4.69, 9.17) is 4.42 Å². The highest BCUT2D eigenvalue weighted by Crippen LogP contribution is 2.09. The van der Waals surface area contributed by atoms with Gasteiger partial charge in [0.05, 0.1) is 6.26 Å². The van der Waals surface area contributed by atoms with Crippen molar-refractivity contribution in [1.82, 2.24) is 10.2 Å². The number of carbonyl (C=O) groups excluding carboxylic acids is 2. The Morgan fingerprint density at radius 1 is 1.65 bits per heavy atom. The number of hydrogen-bond donors (Lipinski definition) is 1. The molecule has 1 aliphatic rings. The lowest BCUT2D eigenvalue weighted by Crippen LogP contribution is -2.55. The molecule has 1 fully saturated rings. The quantitative estimate of drug-likeness (QED) is 0.834. The van der Waals surface area contributed by atoms with E-state index in [1.807, 2.05) is 6.07 Å². The van der Waals surface area contributed by atoms with E-state index in [2.05, 4.69) is 5.32 Å². The number of carbonyl (C=O) groups is 2. The van der Waals surface area contributed by atoms with Crippen molar-refractivity contribution in [2.75, 3.05) is 13.1 Å². The van der Waals surface area contributed by atoms with Crippen molar-refractivity contribution >= 4 is 11.8 Å². The molecule has 2 heterocycles. The number of furan rings is 1. The summed E-state index contributed by atoms with van der Waals surface area (Å²) in [6.45, 7) is 2.87. The SMILES string of the molecule is CC1C(=O)NCCN1C(=O)CCc1ccco1. The van der Waals surface area contributed by atoms with Gasteiger partial charge in [0, 0.05) is 25.9 Å². The van der Waals surface area contributed by atoms with E-state index in [1.54, 1.807) is 24.2 Å². The van der Waals surface area contributed by atoms with E-state index in [1.165, 1.54) is 0 Å². The molecule has 92 valence electrons. The minimum atomic E-state index is -0.368. The Labute approximate surface area is 99.8 Å². The van der Waals surface area contributed by atoms with Crippen LogP contribution in [0.2, 0.25) is 0 Å². The first-order chi connectivity index (χ1) is 8.18. The Hall–Kier alpha value is -1.78. The molecular formula is C12H16N2O3. The number of nitrogens with one attached hydrogen (secondary N) is 1. The van der Waals surface area contributed by atoms with Crippen molar-refractivity contribution in [1.29, 1.82) is 0 Å².